The quantitative estimate of drug-likeness (QED) is 0.689. The van der Waals surface area contributed by atoms with E-state index in [9.17, 15) is 22.8 Å². The van der Waals surface area contributed by atoms with E-state index in [1.807, 2.05) is 6.92 Å². The number of carbonyl (C=O) groups excluding carboxylic acids is 2. The topological polar surface area (TPSA) is 49.4 Å². The Kier molecular flexibility index (Phi) is 4.02. The Morgan fingerprint density at radius 1 is 1.29 bits per heavy atom. The zero-order valence-corrected chi connectivity index (χ0v) is 11.2. The number of hydrogen-bond acceptors (Lipinski definition) is 2. The summed E-state index contributed by atoms with van der Waals surface area (Å²) >= 11 is 0. The van der Waals surface area contributed by atoms with Crippen molar-refractivity contribution in [3.63, 3.8) is 0 Å². The molecule has 1 aliphatic rings. The van der Waals surface area contributed by atoms with Gasteiger partial charge in [0.25, 0.3) is 5.91 Å². The van der Waals surface area contributed by atoms with E-state index in [1.165, 1.54) is 18.2 Å². The van der Waals surface area contributed by atoms with Gasteiger partial charge in [0.05, 0.1) is 5.56 Å². The summed E-state index contributed by atoms with van der Waals surface area (Å²) in [6, 6.07) is 4.00. The third-order valence-corrected chi connectivity index (χ3v) is 2.93. The molecular weight excluding hydrogens is 285 g/mol. The number of imide groups is 1. The minimum absolute atomic E-state index is 0.0206. The number of amides is 3. The zero-order chi connectivity index (χ0) is 15.6. The molecule has 1 aromatic carbocycles. The lowest BCUT2D eigenvalue weighted by atomic mass is 10.1. The molecule has 0 radical (unpaired) electrons. The van der Waals surface area contributed by atoms with Gasteiger partial charge in [0.1, 0.15) is 5.70 Å². The van der Waals surface area contributed by atoms with E-state index in [0.717, 1.165) is 17.0 Å². The van der Waals surface area contributed by atoms with Crippen LogP contribution in [0.5, 0.6) is 0 Å². The van der Waals surface area contributed by atoms with Gasteiger partial charge >= 0.3 is 12.2 Å². The van der Waals surface area contributed by atoms with Crippen molar-refractivity contribution in [3.8, 4) is 0 Å². The number of halogens is 3. The number of urea groups is 1. The largest absolute Gasteiger partial charge is 0.416 e. The fourth-order valence-electron chi connectivity index (χ4n) is 1.97. The number of benzene rings is 1. The highest BCUT2D eigenvalue weighted by Gasteiger charge is 2.33. The van der Waals surface area contributed by atoms with Gasteiger partial charge in [0.15, 0.2) is 0 Å². The summed E-state index contributed by atoms with van der Waals surface area (Å²) < 4.78 is 37.9. The molecule has 21 heavy (non-hydrogen) atoms. The molecule has 0 aliphatic carbocycles. The molecule has 112 valence electrons. The van der Waals surface area contributed by atoms with Crippen molar-refractivity contribution in [3.05, 3.63) is 41.1 Å². The second-order valence-corrected chi connectivity index (χ2v) is 4.57. The van der Waals surface area contributed by atoms with Crippen molar-refractivity contribution in [2.75, 3.05) is 6.54 Å². The average Bonchev–Trinajstić information content (AvgIpc) is 2.66. The number of nitrogens with one attached hydrogen (secondary N) is 1. The third-order valence-electron chi connectivity index (χ3n) is 2.93. The Morgan fingerprint density at radius 3 is 2.62 bits per heavy atom. The monoisotopic (exact) mass is 298 g/mol. The van der Waals surface area contributed by atoms with Crippen molar-refractivity contribution >= 4 is 18.0 Å². The van der Waals surface area contributed by atoms with Crippen LogP contribution in [-0.4, -0.2) is 23.4 Å². The van der Waals surface area contributed by atoms with Crippen molar-refractivity contribution in [1.29, 1.82) is 0 Å². The number of carbonyl (C=O) groups is 2. The molecule has 0 spiro atoms. The smallest absolute Gasteiger partial charge is 0.303 e. The van der Waals surface area contributed by atoms with E-state index in [1.54, 1.807) is 0 Å². The normalized spacial score (nSPS) is 17.5. The highest BCUT2D eigenvalue weighted by Crippen LogP contribution is 2.30. The van der Waals surface area contributed by atoms with Crippen LogP contribution in [0.1, 0.15) is 24.5 Å². The van der Waals surface area contributed by atoms with Crippen LogP contribution in [0.25, 0.3) is 6.08 Å². The van der Waals surface area contributed by atoms with Crippen molar-refractivity contribution in [2.45, 2.75) is 19.5 Å². The van der Waals surface area contributed by atoms with Crippen LogP contribution < -0.4 is 5.32 Å². The molecule has 4 nitrogen and oxygen atoms in total. The van der Waals surface area contributed by atoms with Crippen molar-refractivity contribution < 1.29 is 22.8 Å². The molecule has 0 atom stereocenters. The lowest BCUT2D eigenvalue weighted by molar-refractivity contribution is -0.137. The van der Waals surface area contributed by atoms with Crippen LogP contribution in [-0.2, 0) is 11.0 Å². The summed E-state index contributed by atoms with van der Waals surface area (Å²) in [6.07, 6.45) is -2.60. The Hall–Kier alpha value is -2.31. The van der Waals surface area contributed by atoms with Crippen LogP contribution in [0, 0.1) is 0 Å². The molecular formula is C14H13F3N2O2. The summed E-state index contributed by atoms with van der Waals surface area (Å²) in [5, 5.41) is 2.36. The van der Waals surface area contributed by atoms with Crippen molar-refractivity contribution in [1.82, 2.24) is 10.2 Å². The number of rotatable bonds is 3. The van der Waals surface area contributed by atoms with Crippen LogP contribution in [0.3, 0.4) is 0 Å². The van der Waals surface area contributed by atoms with Crippen LogP contribution in [0.4, 0.5) is 18.0 Å². The van der Waals surface area contributed by atoms with E-state index in [4.69, 9.17) is 0 Å². The SMILES string of the molecule is CCCN1C(=O)N/C(=C/c2cccc(C(F)(F)F)c2)C1=O. The second-order valence-electron chi connectivity index (χ2n) is 4.57. The van der Waals surface area contributed by atoms with E-state index < -0.39 is 23.7 Å². The molecule has 0 unspecified atom stereocenters. The fourth-order valence-corrected chi connectivity index (χ4v) is 1.97. The third kappa shape index (κ3) is 3.24. The van der Waals surface area contributed by atoms with Gasteiger partial charge in [0.2, 0.25) is 0 Å². The molecule has 1 aliphatic heterocycles. The highest BCUT2D eigenvalue weighted by molar-refractivity contribution is 6.13. The lowest BCUT2D eigenvalue weighted by Gasteiger charge is -2.09. The van der Waals surface area contributed by atoms with Crippen LogP contribution in [0.2, 0.25) is 0 Å². The molecule has 0 bridgehead atoms. The maximum Gasteiger partial charge on any atom is 0.416 e. The molecule has 1 fully saturated rings. The first-order valence-electron chi connectivity index (χ1n) is 6.34. The Balaban J connectivity index is 2.29. The van der Waals surface area contributed by atoms with Crippen LogP contribution >= 0.6 is 0 Å². The van der Waals surface area contributed by atoms with Gasteiger partial charge in [0, 0.05) is 6.54 Å². The van der Waals surface area contributed by atoms with E-state index >= 15 is 0 Å². The number of nitrogens with zero attached hydrogens (tertiary/aromatic N) is 1. The minimum atomic E-state index is -4.45. The van der Waals surface area contributed by atoms with Gasteiger partial charge in [-0.05, 0) is 30.2 Å². The maximum atomic E-state index is 12.6. The molecule has 0 aromatic heterocycles. The maximum absolute atomic E-state index is 12.6. The van der Waals surface area contributed by atoms with Gasteiger partial charge in [-0.25, -0.2) is 4.79 Å². The van der Waals surface area contributed by atoms with E-state index in [-0.39, 0.29) is 17.8 Å². The summed E-state index contributed by atoms with van der Waals surface area (Å²) in [6.45, 7) is 2.08. The predicted octanol–water partition coefficient (Wildman–Crippen LogP) is 3.01. The summed E-state index contributed by atoms with van der Waals surface area (Å²) in [5.74, 6) is -0.528. The number of alkyl halides is 3. The molecule has 1 N–H and O–H groups in total. The number of hydrogen-bond donors (Lipinski definition) is 1. The first kappa shape index (κ1) is 15.1. The average molecular weight is 298 g/mol. The molecule has 0 saturated carbocycles. The Bertz CT molecular complexity index is 608. The minimum Gasteiger partial charge on any atom is -0.303 e. The van der Waals surface area contributed by atoms with Gasteiger partial charge in [-0.3, -0.25) is 9.69 Å². The van der Waals surface area contributed by atoms with Gasteiger partial charge in [-0.1, -0.05) is 19.1 Å². The summed E-state index contributed by atoms with van der Waals surface area (Å²) in [7, 11) is 0. The Morgan fingerprint density at radius 2 is 2.00 bits per heavy atom. The van der Waals surface area contributed by atoms with E-state index in [2.05, 4.69) is 5.32 Å². The molecule has 1 saturated heterocycles. The first-order valence-corrected chi connectivity index (χ1v) is 6.34. The van der Waals surface area contributed by atoms with Gasteiger partial charge in [-0.2, -0.15) is 13.2 Å². The van der Waals surface area contributed by atoms with Gasteiger partial charge < -0.3 is 5.32 Å². The molecule has 7 heteroatoms. The van der Waals surface area contributed by atoms with Gasteiger partial charge in [-0.15, -0.1) is 0 Å². The highest BCUT2D eigenvalue weighted by atomic mass is 19.4. The standard InChI is InChI=1S/C14H13F3N2O2/c1-2-6-19-12(20)11(18-13(19)21)8-9-4-3-5-10(7-9)14(15,16)17/h3-5,7-8H,2,6H2,1H3,(H,18,21)/b11-8+. The van der Waals surface area contributed by atoms with E-state index in [0.29, 0.717) is 6.42 Å². The molecule has 1 aromatic rings. The fraction of sp³-hybridized carbons (Fsp3) is 0.286. The summed E-state index contributed by atoms with van der Waals surface area (Å²) in [4.78, 5) is 24.5. The van der Waals surface area contributed by atoms with Crippen molar-refractivity contribution in [2.24, 2.45) is 0 Å². The lowest BCUT2D eigenvalue weighted by Crippen LogP contribution is -2.31. The predicted molar refractivity (Wildman–Crippen MR) is 70.0 cm³/mol. The molecule has 1 heterocycles. The summed E-state index contributed by atoms with van der Waals surface area (Å²) in [5.41, 5.74) is -0.626. The van der Waals surface area contributed by atoms with Crippen LogP contribution in [0.15, 0.2) is 30.0 Å². The molecule has 3 amide bonds. The first-order chi connectivity index (χ1) is 9.82. The molecule has 2 rings (SSSR count). The second kappa shape index (κ2) is 5.59. The zero-order valence-electron chi connectivity index (χ0n) is 11.2. The Labute approximate surface area is 119 Å².